The molecule has 10 rings (SSSR count). The molecule has 8 aromatic rings. The zero-order chi connectivity index (χ0) is 40.7. The lowest BCUT2D eigenvalue weighted by Gasteiger charge is -2.28. The highest BCUT2D eigenvalue weighted by Gasteiger charge is 2.48. The van der Waals surface area contributed by atoms with E-state index in [2.05, 4.69) is 143 Å². The van der Waals surface area contributed by atoms with Crippen LogP contribution < -0.4 is 9.80 Å². The predicted octanol–water partition coefficient (Wildman–Crippen LogP) is 12.8. The van der Waals surface area contributed by atoms with E-state index >= 15 is 0 Å². The molecule has 0 saturated heterocycles. The van der Waals surface area contributed by atoms with E-state index in [0.717, 1.165) is 66.8 Å². The summed E-state index contributed by atoms with van der Waals surface area (Å²) in [5, 5.41) is 4.60. The minimum absolute atomic E-state index is 0.154. The van der Waals surface area contributed by atoms with Crippen molar-refractivity contribution >= 4 is 78.9 Å². The third-order valence-electron chi connectivity index (χ3n) is 11.7. The first-order valence-corrected chi connectivity index (χ1v) is 20.5. The number of nitrogens with zero attached hydrogens (tertiary/aromatic N) is 4. The second kappa shape index (κ2) is 15.2. The second-order valence-corrected chi connectivity index (χ2v) is 15.0. The van der Waals surface area contributed by atoms with E-state index in [1.165, 1.54) is 0 Å². The molecule has 0 aliphatic carbocycles. The Hall–Kier alpha value is -7.70. The van der Waals surface area contributed by atoms with Gasteiger partial charge in [-0.3, -0.25) is 9.59 Å². The number of carbonyl (C=O) groups is 2. The molecule has 6 nitrogen and oxygen atoms in total. The first-order valence-electron chi connectivity index (χ1n) is 20.5. The van der Waals surface area contributed by atoms with Crippen molar-refractivity contribution in [1.82, 2.24) is 9.80 Å². The van der Waals surface area contributed by atoms with Gasteiger partial charge in [-0.1, -0.05) is 133 Å². The van der Waals surface area contributed by atoms with Gasteiger partial charge in [-0.15, -0.1) is 0 Å². The van der Waals surface area contributed by atoms with Crippen molar-refractivity contribution in [1.29, 1.82) is 0 Å². The van der Waals surface area contributed by atoms with Crippen LogP contribution in [0.1, 0.15) is 25.0 Å². The third kappa shape index (κ3) is 6.04. The van der Waals surface area contributed by atoms with Crippen LogP contribution in [0.2, 0.25) is 0 Å². The normalized spacial score (nSPS) is 13.8. The molecule has 2 heterocycles. The fraction of sp³-hybridized carbons (Fsp3) is 0.0741. The van der Waals surface area contributed by atoms with Gasteiger partial charge in [-0.05, 0) is 96.4 Å². The van der Waals surface area contributed by atoms with E-state index in [1.807, 2.05) is 74.5 Å². The summed E-state index contributed by atoms with van der Waals surface area (Å²) in [5.74, 6) is -0.309. The summed E-state index contributed by atoms with van der Waals surface area (Å²) >= 11 is 0. The summed E-state index contributed by atoms with van der Waals surface area (Å²) in [7, 11) is 0. The van der Waals surface area contributed by atoms with Crippen LogP contribution in [0.5, 0.6) is 0 Å². The highest BCUT2D eigenvalue weighted by molar-refractivity contribution is 6.30. The van der Waals surface area contributed by atoms with E-state index in [-0.39, 0.29) is 11.8 Å². The highest BCUT2D eigenvalue weighted by Crippen LogP contribution is 2.48. The summed E-state index contributed by atoms with van der Waals surface area (Å²) in [4.78, 5) is 37.2. The van der Waals surface area contributed by atoms with Crippen molar-refractivity contribution < 1.29 is 9.59 Å². The smallest absolute Gasteiger partial charge is 0.261 e. The molecule has 8 aromatic carbocycles. The molecule has 6 heteroatoms. The lowest BCUT2D eigenvalue weighted by Crippen LogP contribution is -2.29. The van der Waals surface area contributed by atoms with Crippen molar-refractivity contribution in [3.8, 4) is 0 Å². The molecule has 0 saturated carbocycles. The number of hydrogen-bond acceptors (Lipinski definition) is 4. The molecule has 0 bridgehead atoms. The third-order valence-corrected chi connectivity index (χ3v) is 11.7. The Balaban J connectivity index is 1.07. The van der Waals surface area contributed by atoms with Gasteiger partial charge in [0.05, 0.1) is 33.9 Å². The van der Waals surface area contributed by atoms with E-state index in [9.17, 15) is 9.59 Å². The average molecular weight is 779 g/mol. The molecule has 0 atom stereocenters. The fourth-order valence-electron chi connectivity index (χ4n) is 8.95. The minimum atomic E-state index is -0.154. The molecule has 2 amide bonds. The Kier molecular flexibility index (Phi) is 9.30. The molecular formula is C54H42N4O2. The summed E-state index contributed by atoms with van der Waals surface area (Å²) in [6.07, 6.45) is 0. The first kappa shape index (κ1) is 36.6. The number of benzene rings is 8. The highest BCUT2D eigenvalue weighted by atomic mass is 16.2. The van der Waals surface area contributed by atoms with Crippen molar-refractivity contribution in [3.05, 3.63) is 216 Å². The summed E-state index contributed by atoms with van der Waals surface area (Å²) in [6, 6.07) is 66.8. The van der Waals surface area contributed by atoms with Gasteiger partial charge in [-0.2, -0.15) is 0 Å². The Labute approximate surface area is 350 Å². The topological polar surface area (TPSA) is 47.1 Å². The number of amides is 2. The van der Waals surface area contributed by atoms with E-state index < -0.39 is 0 Å². The van der Waals surface area contributed by atoms with Crippen LogP contribution in [0.3, 0.4) is 0 Å². The van der Waals surface area contributed by atoms with E-state index in [1.54, 1.807) is 9.80 Å². The maximum atomic E-state index is 14.6. The summed E-state index contributed by atoms with van der Waals surface area (Å²) in [6.45, 7) is 4.79. The number of hydrogen-bond donors (Lipinski definition) is 0. The molecule has 0 radical (unpaired) electrons. The Bertz CT molecular complexity index is 2770. The number of carbonyl (C=O) groups excluding carboxylic acids is 2. The van der Waals surface area contributed by atoms with Gasteiger partial charge in [0.25, 0.3) is 11.8 Å². The Morgan fingerprint density at radius 1 is 0.367 bits per heavy atom. The van der Waals surface area contributed by atoms with Gasteiger partial charge in [0.1, 0.15) is 0 Å². The molecule has 290 valence electrons. The Morgan fingerprint density at radius 2 is 0.700 bits per heavy atom. The van der Waals surface area contributed by atoms with Gasteiger partial charge in [0.15, 0.2) is 0 Å². The molecule has 0 aromatic heterocycles. The molecular weight excluding hydrogens is 737 g/mol. The zero-order valence-electron chi connectivity index (χ0n) is 33.5. The molecule has 60 heavy (non-hydrogen) atoms. The standard InChI is InChI=1S/C54H42N4O2/c1-3-55-51(39-29-33-43(34-30-39)57(41-21-7-5-8-22-41)47-27-15-19-37-17-11-13-25-45(37)47)49-50(53(55)59)52(56(4-2)54(49)60)40-31-35-44(36-32-40)58(42-23-9-6-10-24-42)48-28-16-20-38-18-12-14-26-46(38)48/h5-36H,3-4H2,1-2H3. The maximum Gasteiger partial charge on any atom is 0.261 e. The van der Waals surface area contributed by atoms with Gasteiger partial charge < -0.3 is 19.6 Å². The van der Waals surface area contributed by atoms with Gasteiger partial charge in [-0.25, -0.2) is 0 Å². The number of likely N-dealkylation sites (N-methyl/N-ethyl adjacent to an activating group) is 2. The van der Waals surface area contributed by atoms with Gasteiger partial charge in [0, 0.05) is 46.6 Å². The molecule has 0 spiro atoms. The predicted molar refractivity (Wildman–Crippen MR) is 246 cm³/mol. The van der Waals surface area contributed by atoms with Crippen molar-refractivity contribution in [3.63, 3.8) is 0 Å². The average Bonchev–Trinajstić information content (AvgIpc) is 3.77. The zero-order valence-corrected chi connectivity index (χ0v) is 33.5. The molecule has 0 fully saturated rings. The van der Waals surface area contributed by atoms with Crippen LogP contribution in [0.25, 0.3) is 32.9 Å². The molecule has 0 N–H and O–H groups in total. The fourth-order valence-corrected chi connectivity index (χ4v) is 8.95. The minimum Gasteiger partial charge on any atom is -0.310 e. The van der Waals surface area contributed by atoms with Gasteiger partial charge >= 0.3 is 0 Å². The number of fused-ring (bicyclic) bond motifs is 3. The number of para-hydroxylation sites is 2. The molecule has 2 aliphatic heterocycles. The van der Waals surface area contributed by atoms with Gasteiger partial charge in [0.2, 0.25) is 0 Å². The monoisotopic (exact) mass is 778 g/mol. The van der Waals surface area contributed by atoms with Crippen LogP contribution in [0.4, 0.5) is 34.1 Å². The quantitative estimate of drug-likeness (QED) is 0.139. The first-order chi connectivity index (χ1) is 29.6. The van der Waals surface area contributed by atoms with Crippen LogP contribution >= 0.6 is 0 Å². The van der Waals surface area contributed by atoms with Crippen LogP contribution in [-0.2, 0) is 9.59 Å². The van der Waals surface area contributed by atoms with E-state index in [0.29, 0.717) is 35.6 Å². The second-order valence-electron chi connectivity index (χ2n) is 15.0. The summed E-state index contributed by atoms with van der Waals surface area (Å²) < 4.78 is 0. The van der Waals surface area contributed by atoms with Crippen molar-refractivity contribution in [2.45, 2.75) is 13.8 Å². The molecule has 0 unspecified atom stereocenters. The Morgan fingerprint density at radius 3 is 1.08 bits per heavy atom. The largest absolute Gasteiger partial charge is 0.310 e. The molecule has 2 aliphatic rings. The summed E-state index contributed by atoms with van der Waals surface area (Å²) in [5.41, 5.74) is 10.0. The van der Waals surface area contributed by atoms with Crippen LogP contribution in [0, 0.1) is 0 Å². The van der Waals surface area contributed by atoms with Crippen molar-refractivity contribution in [2.75, 3.05) is 22.9 Å². The maximum absolute atomic E-state index is 14.6. The van der Waals surface area contributed by atoms with Crippen LogP contribution in [-0.4, -0.2) is 34.7 Å². The van der Waals surface area contributed by atoms with Crippen molar-refractivity contribution in [2.24, 2.45) is 0 Å². The number of rotatable bonds is 10. The van der Waals surface area contributed by atoms with E-state index in [4.69, 9.17) is 0 Å². The lowest BCUT2D eigenvalue weighted by molar-refractivity contribution is -0.124. The number of anilines is 6. The lowest BCUT2D eigenvalue weighted by atomic mass is 10.0. The van der Waals surface area contributed by atoms with Crippen LogP contribution in [0.15, 0.2) is 205 Å². The SMILES string of the molecule is CCN1C(=O)C2=C(c3ccc(N(c4ccccc4)c4cccc5ccccc45)cc3)N(CC)C(=O)C2=C1c1ccc(N(c2ccccc2)c2cccc3ccccc23)cc1.